The third-order valence-corrected chi connectivity index (χ3v) is 1.36. The van der Waals surface area contributed by atoms with E-state index in [9.17, 15) is 0 Å². The summed E-state index contributed by atoms with van der Waals surface area (Å²) in [4.78, 5) is 0. The normalized spacial score (nSPS) is 12.2. The molecular weight excluding hydrogens is 252 g/mol. The van der Waals surface area contributed by atoms with E-state index >= 15 is 0 Å². The van der Waals surface area contributed by atoms with E-state index < -0.39 is 0 Å². The van der Waals surface area contributed by atoms with Crippen molar-refractivity contribution in [1.82, 2.24) is 0 Å². The van der Waals surface area contributed by atoms with Gasteiger partial charge in [0.1, 0.15) is 0 Å². The molecule has 0 aliphatic rings. The Morgan fingerprint density at radius 3 is 2.75 bits per heavy atom. The number of nitrogens with two attached hydrogens (primary N) is 1. The van der Waals surface area contributed by atoms with Crippen LogP contribution in [0.4, 0.5) is 0 Å². The van der Waals surface area contributed by atoms with Crippen molar-refractivity contribution in [3.05, 3.63) is 21.9 Å². The van der Waals surface area contributed by atoms with Crippen LogP contribution in [-0.4, -0.2) is 4.73 Å². The second-order valence-corrected chi connectivity index (χ2v) is 2.06. The van der Waals surface area contributed by atoms with Crippen LogP contribution in [0.15, 0.2) is 17.8 Å². The van der Waals surface area contributed by atoms with E-state index in [1.54, 1.807) is 6.08 Å². The molecule has 0 spiro atoms. The van der Waals surface area contributed by atoms with Gasteiger partial charge in [0.25, 0.3) is 0 Å². The summed E-state index contributed by atoms with van der Waals surface area (Å²) < 4.78 is 4.61. The Hall–Kier alpha value is 0.464. The monoisotopic (exact) mass is 257 g/mol. The van der Waals surface area contributed by atoms with Crippen LogP contribution < -0.4 is 5.73 Å². The van der Waals surface area contributed by atoms with Crippen molar-refractivity contribution in [1.29, 1.82) is 0 Å². The van der Waals surface area contributed by atoms with Gasteiger partial charge in [0, 0.05) is 0 Å². The summed E-state index contributed by atoms with van der Waals surface area (Å²) in [5, 5.41) is 0. The van der Waals surface area contributed by atoms with Crippen molar-refractivity contribution in [2.75, 3.05) is 0 Å². The van der Waals surface area contributed by atoms with Gasteiger partial charge in [-0.1, -0.05) is 0 Å². The van der Waals surface area contributed by atoms with Crippen LogP contribution in [0.3, 0.4) is 0 Å². The van der Waals surface area contributed by atoms with Crippen LogP contribution in [0.5, 0.6) is 0 Å². The van der Waals surface area contributed by atoms with Crippen molar-refractivity contribution in [3.8, 4) is 0 Å². The minimum atomic E-state index is 0.660. The zero-order valence-corrected chi connectivity index (χ0v) is 7.69. The summed E-state index contributed by atoms with van der Waals surface area (Å²) in [5.41, 5.74) is 6.00. The van der Waals surface area contributed by atoms with E-state index in [2.05, 4.69) is 21.1 Å². The average molecular weight is 257 g/mol. The van der Waals surface area contributed by atoms with E-state index in [0.717, 1.165) is 0 Å². The minimum absolute atomic E-state index is 0.660. The van der Waals surface area contributed by atoms with Crippen LogP contribution in [-0.2, 0) is 17.0 Å². The Morgan fingerprint density at radius 1 is 1.75 bits per heavy atom. The number of allylic oxidation sites excluding steroid dienone is 2. The Bertz CT molecular complexity index is 128. The molecule has 0 saturated heterocycles. The molecule has 0 atom stereocenters. The predicted octanol–water partition coefficient (Wildman–Crippen LogP) is 0.930. The van der Waals surface area contributed by atoms with Gasteiger partial charge >= 0.3 is 72.0 Å². The fourth-order valence-corrected chi connectivity index (χ4v) is 0.492. The van der Waals surface area contributed by atoms with E-state index in [-0.39, 0.29) is 0 Å². The van der Waals surface area contributed by atoms with E-state index in [0.29, 0.717) is 5.70 Å². The molecule has 0 aromatic heterocycles. The topological polar surface area (TPSA) is 26.0 Å². The first kappa shape index (κ1) is 8.46. The van der Waals surface area contributed by atoms with E-state index in [1.165, 1.54) is 0 Å². The molecule has 0 saturated carbocycles. The number of hydrogen-bond acceptors (Lipinski definition) is 1. The Labute approximate surface area is 71.7 Å². The van der Waals surface area contributed by atoms with Gasteiger partial charge in [0.15, 0.2) is 0 Å². The summed E-state index contributed by atoms with van der Waals surface area (Å²) in [5.74, 6) is 0. The van der Waals surface area contributed by atoms with Gasteiger partial charge in [-0.2, -0.15) is 0 Å². The van der Waals surface area contributed by atoms with Crippen molar-refractivity contribution >= 4 is 27.3 Å². The number of halogens is 1. The van der Waals surface area contributed by atoms with Gasteiger partial charge in [-0.05, 0) is 0 Å². The SMILES string of the molecule is NC(=[C-]I)/C=C\[CH]=[V]. The Morgan fingerprint density at radius 2 is 2.38 bits per heavy atom. The van der Waals surface area contributed by atoms with Crippen molar-refractivity contribution in [3.63, 3.8) is 0 Å². The summed E-state index contributed by atoms with van der Waals surface area (Å²) in [7, 11) is 0. The third kappa shape index (κ3) is 4.62. The molecule has 43 valence electrons. The fraction of sp³-hybridized carbons (Fsp3) is 0. The maximum absolute atomic E-state index is 5.34. The Kier molecular flexibility index (Phi) is 5.92. The fourth-order valence-electron chi connectivity index (χ4n) is 0.178. The van der Waals surface area contributed by atoms with Gasteiger partial charge in [-0.25, -0.2) is 0 Å². The summed E-state index contributed by atoms with van der Waals surface area (Å²) in [6, 6.07) is 0. The van der Waals surface area contributed by atoms with Gasteiger partial charge in [-0.15, -0.1) is 0 Å². The molecule has 0 amide bonds. The quantitative estimate of drug-likeness (QED) is 0.444. The second kappa shape index (κ2) is 5.60. The molecule has 0 aliphatic carbocycles. The second-order valence-electron chi connectivity index (χ2n) is 1.06. The van der Waals surface area contributed by atoms with Crippen LogP contribution in [0.1, 0.15) is 0 Å². The summed E-state index contributed by atoms with van der Waals surface area (Å²) in [6.07, 6.45) is 3.63. The van der Waals surface area contributed by atoms with Crippen LogP contribution in [0, 0.1) is 4.08 Å². The number of hydrogen-bond donors (Lipinski definition) is 1. The summed E-state index contributed by atoms with van der Waals surface area (Å²) >= 11 is 4.30. The Balaban J connectivity index is 3.69. The zero-order chi connectivity index (χ0) is 6.41. The van der Waals surface area contributed by atoms with E-state index in [1.807, 2.05) is 33.4 Å². The van der Waals surface area contributed by atoms with Crippen LogP contribution in [0.25, 0.3) is 0 Å². The van der Waals surface area contributed by atoms with Crippen molar-refractivity contribution in [2.45, 2.75) is 0 Å². The molecule has 0 aliphatic heterocycles. The van der Waals surface area contributed by atoms with E-state index in [4.69, 9.17) is 5.73 Å². The van der Waals surface area contributed by atoms with Gasteiger partial charge in [0.2, 0.25) is 0 Å². The molecular formula is C5H5INV-. The molecule has 0 heterocycles. The first-order valence-electron chi connectivity index (χ1n) is 1.94. The molecule has 8 heavy (non-hydrogen) atoms. The van der Waals surface area contributed by atoms with Gasteiger partial charge < -0.3 is 0 Å². The van der Waals surface area contributed by atoms with Crippen LogP contribution >= 0.6 is 22.6 Å². The number of rotatable bonds is 2. The molecule has 0 fully saturated rings. The average Bonchev–Trinajstić information content (AvgIpc) is 1.83. The molecule has 3 heteroatoms. The third-order valence-electron chi connectivity index (χ3n) is 0.471. The molecule has 2 N–H and O–H groups in total. The molecule has 0 rings (SSSR count). The molecule has 0 unspecified atom stereocenters. The van der Waals surface area contributed by atoms with Crippen LogP contribution in [0.2, 0.25) is 0 Å². The van der Waals surface area contributed by atoms with Crippen molar-refractivity contribution in [2.24, 2.45) is 5.73 Å². The molecule has 0 radical (unpaired) electrons. The maximum atomic E-state index is 5.34. The predicted molar refractivity (Wildman–Crippen MR) is 40.2 cm³/mol. The van der Waals surface area contributed by atoms with Crippen molar-refractivity contribution < 1.29 is 17.0 Å². The van der Waals surface area contributed by atoms with Gasteiger partial charge in [0.05, 0.1) is 0 Å². The van der Waals surface area contributed by atoms with Gasteiger partial charge in [-0.3, -0.25) is 0 Å². The molecule has 0 aromatic carbocycles. The standard InChI is InChI=1S/C5H5IN.V/c1-2-3-5(7)4-6;/h1-3H,7H2;/q-1;/b3-2-;. The summed E-state index contributed by atoms with van der Waals surface area (Å²) in [6.45, 7) is 0. The first-order chi connectivity index (χ1) is 3.81. The zero-order valence-electron chi connectivity index (χ0n) is 4.13. The molecule has 1 nitrogen and oxygen atoms in total. The molecule has 0 aromatic rings. The first-order valence-corrected chi connectivity index (χ1v) is 3.83. The molecule has 0 bridgehead atoms.